The van der Waals surface area contributed by atoms with Gasteiger partial charge < -0.3 is 10.0 Å². The molecule has 0 bridgehead atoms. The lowest BCUT2D eigenvalue weighted by Gasteiger charge is -2.21. The molecule has 0 unspecified atom stereocenters. The van der Waals surface area contributed by atoms with Crippen LogP contribution >= 0.6 is 34.7 Å². The predicted molar refractivity (Wildman–Crippen MR) is 82.8 cm³/mol. The highest BCUT2D eigenvalue weighted by Crippen LogP contribution is 2.23. The fourth-order valence-corrected chi connectivity index (χ4v) is 2.59. The maximum atomic E-state index is 12.4. The summed E-state index contributed by atoms with van der Waals surface area (Å²) in [6.45, 7) is 0.840. The van der Waals surface area contributed by atoms with Gasteiger partial charge in [0.05, 0.1) is 16.2 Å². The summed E-state index contributed by atoms with van der Waals surface area (Å²) in [5.41, 5.74) is 0.869. The number of carbonyl (C=O) groups excluding carboxylic acids is 1. The van der Waals surface area contributed by atoms with E-state index >= 15 is 0 Å². The van der Waals surface area contributed by atoms with Crippen LogP contribution in [-0.2, 0) is 6.54 Å². The number of carbonyl (C=O) groups is 1. The van der Waals surface area contributed by atoms with E-state index in [0.29, 0.717) is 34.4 Å². The molecule has 21 heavy (non-hydrogen) atoms. The van der Waals surface area contributed by atoms with Gasteiger partial charge in [0.15, 0.2) is 0 Å². The summed E-state index contributed by atoms with van der Waals surface area (Å²) in [7, 11) is 0. The first-order chi connectivity index (χ1) is 10.1. The topological polar surface area (TPSA) is 66.3 Å². The van der Waals surface area contributed by atoms with E-state index in [1.54, 1.807) is 17.0 Å². The average molecular weight is 346 g/mol. The third kappa shape index (κ3) is 4.38. The first kappa shape index (κ1) is 16.2. The summed E-state index contributed by atoms with van der Waals surface area (Å²) in [6, 6.07) is 5.24. The molecule has 0 spiro atoms. The third-order valence-electron chi connectivity index (χ3n) is 2.80. The lowest BCUT2D eigenvalue weighted by atomic mass is 10.2. The fourth-order valence-electron chi connectivity index (χ4n) is 1.79. The van der Waals surface area contributed by atoms with Gasteiger partial charge in [0, 0.05) is 19.7 Å². The van der Waals surface area contributed by atoms with Crippen LogP contribution in [-0.4, -0.2) is 38.7 Å². The molecule has 0 radical (unpaired) electrons. The summed E-state index contributed by atoms with van der Waals surface area (Å²) in [5.74, 6) is -0.162. The molecule has 1 N–H and O–H groups in total. The first-order valence-corrected chi connectivity index (χ1v) is 7.76. The molecular formula is C13H13Cl2N3O2S. The smallest absolute Gasteiger partial charge is 0.267 e. The van der Waals surface area contributed by atoms with Gasteiger partial charge in [-0.3, -0.25) is 4.79 Å². The second-order valence-electron chi connectivity index (χ2n) is 4.33. The number of nitrogens with zero attached hydrogens (tertiary/aromatic N) is 3. The number of hydrogen-bond donors (Lipinski definition) is 1. The molecule has 2 rings (SSSR count). The molecule has 0 aliphatic heterocycles. The van der Waals surface area contributed by atoms with E-state index in [9.17, 15) is 4.79 Å². The van der Waals surface area contributed by atoms with E-state index < -0.39 is 0 Å². The molecule has 0 saturated carbocycles. The lowest BCUT2D eigenvalue weighted by molar-refractivity contribution is 0.0736. The Morgan fingerprint density at radius 1 is 1.33 bits per heavy atom. The molecule has 1 aromatic heterocycles. The van der Waals surface area contributed by atoms with E-state index in [0.717, 1.165) is 17.1 Å². The van der Waals surface area contributed by atoms with Crippen molar-refractivity contribution < 1.29 is 9.90 Å². The lowest BCUT2D eigenvalue weighted by Crippen LogP contribution is -2.31. The Labute approximate surface area is 136 Å². The van der Waals surface area contributed by atoms with Gasteiger partial charge in [0.2, 0.25) is 0 Å². The van der Waals surface area contributed by atoms with E-state index in [1.807, 2.05) is 6.07 Å². The normalized spacial score (nSPS) is 10.6. The van der Waals surface area contributed by atoms with E-state index in [2.05, 4.69) is 9.59 Å². The van der Waals surface area contributed by atoms with Crippen LogP contribution in [0.25, 0.3) is 0 Å². The number of rotatable bonds is 6. The summed E-state index contributed by atoms with van der Waals surface area (Å²) in [6.07, 6.45) is 1.94. The molecule has 8 heteroatoms. The molecule has 0 aliphatic carbocycles. The minimum atomic E-state index is -0.162. The zero-order valence-corrected chi connectivity index (χ0v) is 13.3. The summed E-state index contributed by atoms with van der Waals surface area (Å²) in [5, 5.41) is 13.6. The van der Waals surface area contributed by atoms with Crippen LogP contribution in [0.15, 0.2) is 24.4 Å². The van der Waals surface area contributed by atoms with Crippen molar-refractivity contribution >= 4 is 40.6 Å². The van der Waals surface area contributed by atoms with Gasteiger partial charge in [-0.1, -0.05) is 33.8 Å². The van der Waals surface area contributed by atoms with E-state index in [-0.39, 0.29) is 12.5 Å². The van der Waals surface area contributed by atoms with Gasteiger partial charge >= 0.3 is 0 Å². The van der Waals surface area contributed by atoms with Gasteiger partial charge in [-0.15, -0.1) is 5.10 Å². The van der Waals surface area contributed by atoms with Crippen LogP contribution < -0.4 is 0 Å². The van der Waals surface area contributed by atoms with Crippen LogP contribution in [0.1, 0.15) is 21.7 Å². The average Bonchev–Trinajstić information content (AvgIpc) is 3.00. The number of aliphatic hydroxyl groups is 1. The molecule has 112 valence electrons. The monoisotopic (exact) mass is 345 g/mol. The zero-order chi connectivity index (χ0) is 15.2. The SMILES string of the molecule is O=C(c1cnns1)N(CCCO)Cc1ccc(Cl)c(Cl)c1. The summed E-state index contributed by atoms with van der Waals surface area (Å²) < 4.78 is 3.69. The molecule has 1 amide bonds. The van der Waals surface area contributed by atoms with Crippen molar-refractivity contribution in [3.8, 4) is 0 Å². The van der Waals surface area contributed by atoms with Gasteiger partial charge in [-0.25, -0.2) is 0 Å². The molecule has 1 aromatic carbocycles. The van der Waals surface area contributed by atoms with Crippen molar-refractivity contribution in [1.82, 2.24) is 14.5 Å². The predicted octanol–water partition coefficient (Wildman–Crippen LogP) is 2.87. The number of aliphatic hydroxyl groups excluding tert-OH is 1. The first-order valence-electron chi connectivity index (χ1n) is 6.23. The highest BCUT2D eigenvalue weighted by atomic mass is 35.5. The van der Waals surface area contributed by atoms with Gasteiger partial charge in [-0.05, 0) is 35.6 Å². The highest BCUT2D eigenvalue weighted by molar-refractivity contribution is 7.07. The fraction of sp³-hybridized carbons (Fsp3) is 0.308. The van der Waals surface area contributed by atoms with Crippen LogP contribution in [0, 0.1) is 0 Å². The second-order valence-corrected chi connectivity index (χ2v) is 5.93. The summed E-state index contributed by atoms with van der Waals surface area (Å²) >= 11 is 12.9. The molecule has 0 fully saturated rings. The Kier molecular flexibility index (Phi) is 5.93. The van der Waals surface area contributed by atoms with Crippen LogP contribution in [0.5, 0.6) is 0 Å². The van der Waals surface area contributed by atoms with Crippen molar-refractivity contribution in [2.24, 2.45) is 0 Å². The maximum absolute atomic E-state index is 12.4. The van der Waals surface area contributed by atoms with Crippen molar-refractivity contribution in [2.45, 2.75) is 13.0 Å². The maximum Gasteiger partial charge on any atom is 0.267 e. The quantitative estimate of drug-likeness (QED) is 0.873. The summed E-state index contributed by atoms with van der Waals surface area (Å²) in [4.78, 5) is 14.5. The van der Waals surface area contributed by atoms with Crippen LogP contribution in [0.3, 0.4) is 0 Å². The standard InChI is InChI=1S/C13H13Cl2N3O2S/c14-10-3-2-9(6-11(10)15)8-18(4-1-5-19)13(20)12-7-16-17-21-12/h2-3,6-7,19H,1,4-5,8H2. The molecule has 5 nitrogen and oxygen atoms in total. The Morgan fingerprint density at radius 2 is 2.14 bits per heavy atom. The van der Waals surface area contributed by atoms with E-state index in [4.69, 9.17) is 28.3 Å². The molecule has 0 atom stereocenters. The largest absolute Gasteiger partial charge is 0.396 e. The number of benzene rings is 1. The highest BCUT2D eigenvalue weighted by Gasteiger charge is 2.18. The Hall–Kier alpha value is -1.21. The third-order valence-corrected chi connectivity index (χ3v) is 4.19. The Balaban J connectivity index is 2.15. The minimum absolute atomic E-state index is 0.0199. The number of halogens is 2. The molecule has 2 aromatic rings. The van der Waals surface area contributed by atoms with E-state index in [1.165, 1.54) is 6.20 Å². The number of hydrogen-bond acceptors (Lipinski definition) is 5. The number of amides is 1. The van der Waals surface area contributed by atoms with Crippen molar-refractivity contribution in [2.75, 3.05) is 13.2 Å². The van der Waals surface area contributed by atoms with Crippen LogP contribution in [0.4, 0.5) is 0 Å². The second kappa shape index (κ2) is 7.70. The number of aromatic nitrogens is 2. The Morgan fingerprint density at radius 3 is 2.76 bits per heavy atom. The van der Waals surface area contributed by atoms with Crippen molar-refractivity contribution in [1.29, 1.82) is 0 Å². The molecular weight excluding hydrogens is 333 g/mol. The van der Waals surface area contributed by atoms with Gasteiger partial charge in [0.1, 0.15) is 4.88 Å². The minimum Gasteiger partial charge on any atom is -0.396 e. The molecule has 1 heterocycles. The molecule has 0 saturated heterocycles. The van der Waals surface area contributed by atoms with Gasteiger partial charge in [0.25, 0.3) is 5.91 Å². The van der Waals surface area contributed by atoms with Crippen molar-refractivity contribution in [3.05, 3.63) is 44.9 Å². The van der Waals surface area contributed by atoms with Crippen LogP contribution in [0.2, 0.25) is 10.0 Å². The molecule has 0 aliphatic rings. The van der Waals surface area contributed by atoms with Crippen molar-refractivity contribution in [3.63, 3.8) is 0 Å². The van der Waals surface area contributed by atoms with Gasteiger partial charge in [-0.2, -0.15) is 0 Å². The Bertz CT molecular complexity index is 607. The zero-order valence-electron chi connectivity index (χ0n) is 11.0.